The zero-order valence-electron chi connectivity index (χ0n) is 8.74. The lowest BCUT2D eigenvalue weighted by atomic mass is 10.3. The van der Waals surface area contributed by atoms with E-state index in [1.54, 1.807) is 10.9 Å². The Morgan fingerprint density at radius 2 is 2.38 bits per heavy atom. The van der Waals surface area contributed by atoms with Crippen molar-refractivity contribution in [2.24, 2.45) is 0 Å². The maximum atomic E-state index is 5.60. The highest BCUT2D eigenvalue weighted by molar-refractivity contribution is 5.38. The summed E-state index contributed by atoms with van der Waals surface area (Å²) in [6.07, 6.45) is 3.95. The molecule has 1 aliphatic heterocycles. The van der Waals surface area contributed by atoms with Crippen molar-refractivity contribution in [2.45, 2.75) is 6.10 Å². The molecule has 4 nitrogen and oxygen atoms in total. The summed E-state index contributed by atoms with van der Waals surface area (Å²) < 4.78 is 12.5. The van der Waals surface area contributed by atoms with E-state index in [9.17, 15) is 0 Å². The third-order valence-corrected chi connectivity index (χ3v) is 2.42. The van der Waals surface area contributed by atoms with Gasteiger partial charge in [0.25, 0.3) is 0 Å². The minimum atomic E-state index is 0.286. The van der Waals surface area contributed by atoms with Gasteiger partial charge in [-0.3, -0.25) is 0 Å². The molecule has 0 amide bonds. The molecule has 0 saturated carbocycles. The molecule has 16 heavy (non-hydrogen) atoms. The van der Waals surface area contributed by atoms with Crippen molar-refractivity contribution in [1.29, 1.82) is 0 Å². The third-order valence-electron chi connectivity index (χ3n) is 2.42. The molecular weight excluding hydrogens is 204 g/mol. The average molecular weight is 216 g/mol. The molecule has 1 fully saturated rings. The lowest BCUT2D eigenvalue weighted by Crippen LogP contribution is -2.04. The Kier molecular flexibility index (Phi) is 2.34. The van der Waals surface area contributed by atoms with Crippen molar-refractivity contribution in [2.75, 3.05) is 13.2 Å². The summed E-state index contributed by atoms with van der Waals surface area (Å²) in [7, 11) is 0. The number of hydrogen-bond donors (Lipinski definition) is 0. The molecule has 0 bridgehead atoms. The van der Waals surface area contributed by atoms with E-state index >= 15 is 0 Å². The molecular formula is C12H12N2O2. The van der Waals surface area contributed by atoms with Gasteiger partial charge in [0.05, 0.1) is 12.3 Å². The zero-order chi connectivity index (χ0) is 10.8. The topological polar surface area (TPSA) is 39.6 Å². The van der Waals surface area contributed by atoms with E-state index in [-0.39, 0.29) is 6.10 Å². The van der Waals surface area contributed by atoms with Gasteiger partial charge in [-0.25, -0.2) is 4.68 Å². The molecule has 1 unspecified atom stereocenters. The number of nitrogens with zero attached hydrogens (tertiary/aromatic N) is 2. The molecule has 1 atom stereocenters. The van der Waals surface area contributed by atoms with Crippen LogP contribution in [0.25, 0.3) is 5.69 Å². The van der Waals surface area contributed by atoms with Crippen molar-refractivity contribution < 1.29 is 9.47 Å². The molecule has 2 heterocycles. The van der Waals surface area contributed by atoms with Crippen molar-refractivity contribution in [3.05, 3.63) is 42.7 Å². The first-order valence-electron chi connectivity index (χ1n) is 5.26. The van der Waals surface area contributed by atoms with Gasteiger partial charge in [0.15, 0.2) is 0 Å². The monoisotopic (exact) mass is 216 g/mol. The molecule has 1 aliphatic rings. The summed E-state index contributed by atoms with van der Waals surface area (Å²) in [4.78, 5) is 0. The molecule has 1 aromatic carbocycles. The fourth-order valence-electron chi connectivity index (χ4n) is 1.49. The highest BCUT2D eigenvalue weighted by atomic mass is 16.6. The number of benzene rings is 1. The van der Waals surface area contributed by atoms with Crippen LogP contribution in [0.5, 0.6) is 5.75 Å². The Hall–Kier alpha value is -1.81. The lowest BCUT2D eigenvalue weighted by Gasteiger charge is -2.06. The second-order valence-corrected chi connectivity index (χ2v) is 3.71. The predicted molar refractivity (Wildman–Crippen MR) is 58.8 cm³/mol. The van der Waals surface area contributed by atoms with Gasteiger partial charge in [-0.1, -0.05) is 6.07 Å². The first kappa shape index (κ1) is 9.42. The van der Waals surface area contributed by atoms with Crippen LogP contribution in [-0.2, 0) is 4.74 Å². The summed E-state index contributed by atoms with van der Waals surface area (Å²) in [5.41, 5.74) is 0.999. The zero-order valence-corrected chi connectivity index (χ0v) is 8.74. The third kappa shape index (κ3) is 2.06. The van der Waals surface area contributed by atoms with E-state index in [4.69, 9.17) is 9.47 Å². The predicted octanol–water partition coefficient (Wildman–Crippen LogP) is 1.65. The van der Waals surface area contributed by atoms with Crippen LogP contribution in [0.2, 0.25) is 0 Å². The lowest BCUT2D eigenvalue weighted by molar-refractivity contribution is 0.263. The quantitative estimate of drug-likeness (QED) is 0.729. The van der Waals surface area contributed by atoms with Gasteiger partial charge < -0.3 is 9.47 Å². The SMILES string of the molecule is c1cc(OCC2CO2)cc(-n2cccn2)c1. The second-order valence-electron chi connectivity index (χ2n) is 3.71. The van der Waals surface area contributed by atoms with Gasteiger partial charge in [0, 0.05) is 18.5 Å². The summed E-state index contributed by atoms with van der Waals surface area (Å²) in [6.45, 7) is 1.45. The average Bonchev–Trinajstić information content (AvgIpc) is 2.99. The summed E-state index contributed by atoms with van der Waals surface area (Å²) in [6, 6.07) is 9.75. The van der Waals surface area contributed by atoms with Gasteiger partial charge in [0.2, 0.25) is 0 Å². The van der Waals surface area contributed by atoms with E-state index in [0.717, 1.165) is 18.0 Å². The van der Waals surface area contributed by atoms with Crippen molar-refractivity contribution in [1.82, 2.24) is 9.78 Å². The number of rotatable bonds is 4. The second kappa shape index (κ2) is 3.98. The minimum absolute atomic E-state index is 0.286. The van der Waals surface area contributed by atoms with Gasteiger partial charge in [-0.05, 0) is 18.2 Å². The molecule has 0 radical (unpaired) electrons. The molecule has 82 valence electrons. The Morgan fingerprint density at radius 1 is 1.44 bits per heavy atom. The smallest absolute Gasteiger partial charge is 0.121 e. The highest BCUT2D eigenvalue weighted by Gasteiger charge is 2.22. The molecule has 4 heteroatoms. The molecule has 3 rings (SSSR count). The maximum absolute atomic E-state index is 5.60. The molecule has 0 N–H and O–H groups in total. The fourth-order valence-corrected chi connectivity index (χ4v) is 1.49. The summed E-state index contributed by atoms with van der Waals surface area (Å²) in [5, 5.41) is 4.17. The van der Waals surface area contributed by atoms with E-state index < -0.39 is 0 Å². The van der Waals surface area contributed by atoms with Crippen LogP contribution in [0.3, 0.4) is 0 Å². The number of ether oxygens (including phenoxy) is 2. The minimum Gasteiger partial charge on any atom is -0.491 e. The van der Waals surface area contributed by atoms with Crippen molar-refractivity contribution in [3.63, 3.8) is 0 Å². The normalized spacial score (nSPS) is 18.4. The Bertz CT molecular complexity index is 464. The van der Waals surface area contributed by atoms with Crippen LogP contribution in [0.4, 0.5) is 0 Å². The van der Waals surface area contributed by atoms with Crippen LogP contribution in [0.1, 0.15) is 0 Å². The van der Waals surface area contributed by atoms with Crippen LogP contribution < -0.4 is 4.74 Å². The fraction of sp³-hybridized carbons (Fsp3) is 0.250. The van der Waals surface area contributed by atoms with Crippen LogP contribution in [0, 0.1) is 0 Å². The molecule has 1 aromatic heterocycles. The van der Waals surface area contributed by atoms with E-state index in [1.165, 1.54) is 0 Å². The van der Waals surface area contributed by atoms with E-state index in [0.29, 0.717) is 6.61 Å². The van der Waals surface area contributed by atoms with E-state index in [1.807, 2.05) is 36.5 Å². The highest BCUT2D eigenvalue weighted by Crippen LogP contribution is 2.18. The van der Waals surface area contributed by atoms with Gasteiger partial charge in [0.1, 0.15) is 18.5 Å². The number of hydrogen-bond acceptors (Lipinski definition) is 3. The molecule has 0 aliphatic carbocycles. The number of epoxide rings is 1. The van der Waals surface area contributed by atoms with Crippen LogP contribution in [-0.4, -0.2) is 29.1 Å². The summed E-state index contributed by atoms with van der Waals surface area (Å²) >= 11 is 0. The van der Waals surface area contributed by atoms with Crippen LogP contribution >= 0.6 is 0 Å². The Labute approximate surface area is 93.4 Å². The standard InChI is InChI=1S/C12H12N2O2/c1-3-10(14-6-2-5-13-14)7-11(4-1)15-8-12-9-16-12/h1-7,12H,8-9H2. The van der Waals surface area contributed by atoms with Gasteiger partial charge in [-0.2, -0.15) is 5.10 Å². The summed E-state index contributed by atoms with van der Waals surface area (Å²) in [5.74, 6) is 0.850. The van der Waals surface area contributed by atoms with Gasteiger partial charge >= 0.3 is 0 Å². The van der Waals surface area contributed by atoms with E-state index in [2.05, 4.69) is 5.10 Å². The first-order chi connectivity index (χ1) is 7.92. The number of aromatic nitrogens is 2. The van der Waals surface area contributed by atoms with Crippen LogP contribution in [0.15, 0.2) is 42.7 Å². The molecule has 2 aromatic rings. The molecule has 1 saturated heterocycles. The van der Waals surface area contributed by atoms with Gasteiger partial charge in [-0.15, -0.1) is 0 Å². The van der Waals surface area contributed by atoms with Crippen molar-refractivity contribution in [3.8, 4) is 11.4 Å². The largest absolute Gasteiger partial charge is 0.491 e. The molecule has 0 spiro atoms. The Morgan fingerprint density at radius 3 is 3.12 bits per heavy atom. The Balaban J connectivity index is 1.76. The van der Waals surface area contributed by atoms with Crippen molar-refractivity contribution >= 4 is 0 Å². The maximum Gasteiger partial charge on any atom is 0.121 e. The first-order valence-corrected chi connectivity index (χ1v) is 5.26.